The third-order valence-electron chi connectivity index (χ3n) is 4.24. The van der Waals surface area contributed by atoms with Crippen molar-refractivity contribution >= 4 is 17.3 Å². The minimum Gasteiger partial charge on any atom is -0.382 e. The van der Waals surface area contributed by atoms with Gasteiger partial charge < -0.3 is 10.6 Å². The Balaban J connectivity index is 1.65. The summed E-state index contributed by atoms with van der Waals surface area (Å²) in [5.41, 5.74) is 2.51. The average Bonchev–Trinajstić information content (AvgIpc) is 2.63. The first-order chi connectivity index (χ1) is 11.7. The molecule has 122 valence electrons. The molecule has 1 aliphatic carbocycles. The van der Waals surface area contributed by atoms with E-state index in [0.717, 1.165) is 5.69 Å². The van der Waals surface area contributed by atoms with E-state index in [1.165, 1.54) is 32.1 Å². The minimum absolute atomic E-state index is 0.257. The molecule has 0 saturated heterocycles. The van der Waals surface area contributed by atoms with Gasteiger partial charge in [-0.1, -0.05) is 19.3 Å². The highest BCUT2D eigenvalue weighted by Crippen LogP contribution is 2.22. The maximum atomic E-state index is 12.3. The first-order valence-corrected chi connectivity index (χ1v) is 8.29. The normalized spacial score (nSPS) is 14.6. The quantitative estimate of drug-likeness (QED) is 0.894. The molecule has 1 fully saturated rings. The summed E-state index contributed by atoms with van der Waals surface area (Å²) in [6, 6.07) is 13.0. The molecule has 1 aromatic heterocycles. The second kappa shape index (κ2) is 7.60. The number of nitriles is 1. The van der Waals surface area contributed by atoms with Crippen molar-refractivity contribution in [2.75, 3.05) is 10.6 Å². The van der Waals surface area contributed by atoms with Crippen molar-refractivity contribution in [2.45, 2.75) is 38.1 Å². The lowest BCUT2D eigenvalue weighted by Gasteiger charge is -2.23. The zero-order chi connectivity index (χ0) is 16.8. The van der Waals surface area contributed by atoms with E-state index in [2.05, 4.69) is 21.7 Å². The van der Waals surface area contributed by atoms with Gasteiger partial charge in [0.1, 0.15) is 5.69 Å². The number of benzene rings is 1. The van der Waals surface area contributed by atoms with Gasteiger partial charge in [-0.15, -0.1) is 0 Å². The summed E-state index contributed by atoms with van der Waals surface area (Å²) in [5.74, 6) is -0.257. The van der Waals surface area contributed by atoms with Crippen LogP contribution in [0.1, 0.15) is 48.2 Å². The zero-order valence-electron chi connectivity index (χ0n) is 13.5. The Bertz CT molecular complexity index is 743. The lowest BCUT2D eigenvalue weighted by Crippen LogP contribution is -2.22. The van der Waals surface area contributed by atoms with E-state index in [-0.39, 0.29) is 5.91 Å². The molecule has 1 saturated carbocycles. The molecule has 5 nitrogen and oxygen atoms in total. The molecular formula is C19H20N4O. The number of carbonyl (C=O) groups is 1. The van der Waals surface area contributed by atoms with Crippen LogP contribution in [0, 0.1) is 11.3 Å². The van der Waals surface area contributed by atoms with Gasteiger partial charge in [0.2, 0.25) is 0 Å². The second-order valence-corrected chi connectivity index (χ2v) is 6.05. The van der Waals surface area contributed by atoms with E-state index in [4.69, 9.17) is 5.26 Å². The number of anilines is 2. The van der Waals surface area contributed by atoms with Gasteiger partial charge in [-0.25, -0.2) is 0 Å². The number of nitrogens with one attached hydrogen (secondary N) is 2. The zero-order valence-corrected chi connectivity index (χ0v) is 13.5. The lowest BCUT2D eigenvalue weighted by molar-refractivity contribution is 0.102. The van der Waals surface area contributed by atoms with Gasteiger partial charge in [0.25, 0.3) is 5.91 Å². The highest BCUT2D eigenvalue weighted by atomic mass is 16.1. The van der Waals surface area contributed by atoms with Crippen molar-refractivity contribution in [3.05, 3.63) is 53.9 Å². The SMILES string of the molecule is N#Cc1ccc(NC(=O)c2cc(NC3CCCCC3)ccn2)cc1. The summed E-state index contributed by atoms with van der Waals surface area (Å²) in [6.07, 6.45) is 7.83. The fraction of sp³-hybridized carbons (Fsp3) is 0.316. The maximum absolute atomic E-state index is 12.3. The van der Waals surface area contributed by atoms with Crippen molar-refractivity contribution in [3.63, 3.8) is 0 Å². The highest BCUT2D eigenvalue weighted by molar-refractivity contribution is 6.03. The average molecular weight is 320 g/mol. The fourth-order valence-corrected chi connectivity index (χ4v) is 2.95. The molecular weight excluding hydrogens is 300 g/mol. The smallest absolute Gasteiger partial charge is 0.274 e. The minimum atomic E-state index is -0.257. The Labute approximate surface area is 141 Å². The molecule has 2 N–H and O–H groups in total. The molecule has 0 radical (unpaired) electrons. The highest BCUT2D eigenvalue weighted by Gasteiger charge is 2.14. The molecule has 3 rings (SSSR count). The first-order valence-electron chi connectivity index (χ1n) is 8.29. The molecule has 1 heterocycles. The second-order valence-electron chi connectivity index (χ2n) is 6.05. The Hall–Kier alpha value is -2.87. The number of rotatable bonds is 4. The van der Waals surface area contributed by atoms with E-state index in [9.17, 15) is 4.79 Å². The predicted octanol–water partition coefficient (Wildman–Crippen LogP) is 3.95. The summed E-state index contributed by atoms with van der Waals surface area (Å²) >= 11 is 0. The third kappa shape index (κ3) is 4.11. The van der Waals surface area contributed by atoms with E-state index >= 15 is 0 Å². The van der Waals surface area contributed by atoms with Gasteiger partial charge in [-0.05, 0) is 49.2 Å². The Morgan fingerprint density at radius 2 is 1.83 bits per heavy atom. The van der Waals surface area contributed by atoms with Gasteiger partial charge in [0.15, 0.2) is 0 Å². The first kappa shape index (κ1) is 16.0. The van der Waals surface area contributed by atoms with Crippen LogP contribution in [0.3, 0.4) is 0 Å². The molecule has 0 atom stereocenters. The Kier molecular flexibility index (Phi) is 5.07. The molecule has 5 heteroatoms. The van der Waals surface area contributed by atoms with E-state index < -0.39 is 0 Å². The number of pyridine rings is 1. The van der Waals surface area contributed by atoms with E-state index in [0.29, 0.717) is 23.0 Å². The number of nitrogens with zero attached hydrogens (tertiary/aromatic N) is 2. The van der Waals surface area contributed by atoms with E-state index in [1.54, 1.807) is 36.5 Å². The van der Waals surface area contributed by atoms with Crippen LogP contribution in [0.2, 0.25) is 0 Å². The fourth-order valence-electron chi connectivity index (χ4n) is 2.95. The molecule has 0 unspecified atom stereocenters. The van der Waals surface area contributed by atoms with Crippen LogP contribution in [0.25, 0.3) is 0 Å². The summed E-state index contributed by atoms with van der Waals surface area (Å²) in [7, 11) is 0. The van der Waals surface area contributed by atoms with Crippen LogP contribution in [0.15, 0.2) is 42.6 Å². The van der Waals surface area contributed by atoms with Gasteiger partial charge in [0, 0.05) is 23.6 Å². The van der Waals surface area contributed by atoms with Crippen LogP contribution in [0.5, 0.6) is 0 Å². The number of hydrogen-bond donors (Lipinski definition) is 2. The van der Waals surface area contributed by atoms with Crippen LogP contribution >= 0.6 is 0 Å². The summed E-state index contributed by atoms with van der Waals surface area (Å²) in [5, 5.41) is 15.1. The number of carbonyl (C=O) groups excluding carboxylic acids is 1. The number of amides is 1. The number of hydrogen-bond acceptors (Lipinski definition) is 4. The van der Waals surface area contributed by atoms with Crippen molar-refractivity contribution in [1.82, 2.24) is 4.98 Å². The van der Waals surface area contributed by atoms with Crippen LogP contribution in [-0.2, 0) is 0 Å². The molecule has 0 bridgehead atoms. The van der Waals surface area contributed by atoms with Crippen LogP contribution in [0.4, 0.5) is 11.4 Å². The van der Waals surface area contributed by atoms with Gasteiger partial charge >= 0.3 is 0 Å². The van der Waals surface area contributed by atoms with Gasteiger partial charge in [-0.2, -0.15) is 5.26 Å². The molecule has 24 heavy (non-hydrogen) atoms. The Morgan fingerprint density at radius 3 is 2.54 bits per heavy atom. The van der Waals surface area contributed by atoms with Crippen LogP contribution < -0.4 is 10.6 Å². The summed E-state index contributed by atoms with van der Waals surface area (Å²) in [4.78, 5) is 16.5. The molecule has 2 aromatic rings. The largest absolute Gasteiger partial charge is 0.382 e. The summed E-state index contributed by atoms with van der Waals surface area (Å²) in [6.45, 7) is 0. The van der Waals surface area contributed by atoms with Crippen molar-refractivity contribution in [1.29, 1.82) is 5.26 Å². The van der Waals surface area contributed by atoms with Gasteiger partial charge in [-0.3, -0.25) is 9.78 Å². The van der Waals surface area contributed by atoms with Crippen molar-refractivity contribution in [2.24, 2.45) is 0 Å². The van der Waals surface area contributed by atoms with Crippen molar-refractivity contribution in [3.8, 4) is 6.07 Å². The Morgan fingerprint density at radius 1 is 1.08 bits per heavy atom. The topological polar surface area (TPSA) is 77.8 Å². The summed E-state index contributed by atoms with van der Waals surface area (Å²) < 4.78 is 0. The third-order valence-corrected chi connectivity index (χ3v) is 4.24. The van der Waals surface area contributed by atoms with E-state index in [1.807, 2.05) is 6.07 Å². The molecule has 1 aliphatic rings. The van der Waals surface area contributed by atoms with Crippen molar-refractivity contribution < 1.29 is 4.79 Å². The maximum Gasteiger partial charge on any atom is 0.274 e. The molecule has 1 aromatic carbocycles. The molecule has 0 spiro atoms. The van der Waals surface area contributed by atoms with Gasteiger partial charge in [0.05, 0.1) is 11.6 Å². The molecule has 1 amide bonds. The monoisotopic (exact) mass is 320 g/mol. The van der Waals surface area contributed by atoms with Crippen LogP contribution in [-0.4, -0.2) is 16.9 Å². The lowest BCUT2D eigenvalue weighted by atomic mass is 9.95. The number of aromatic nitrogens is 1. The standard InChI is InChI=1S/C19H20N4O/c20-13-14-6-8-16(9-7-14)23-19(24)18-12-17(10-11-21-18)22-15-4-2-1-3-5-15/h6-12,15H,1-5H2,(H,21,22)(H,23,24). The predicted molar refractivity (Wildman–Crippen MR) is 93.8 cm³/mol. The molecule has 0 aliphatic heterocycles.